The van der Waals surface area contributed by atoms with Gasteiger partial charge in [0.1, 0.15) is 10.7 Å². The summed E-state index contributed by atoms with van der Waals surface area (Å²) in [7, 11) is 1.53. The number of rotatable bonds is 7. The summed E-state index contributed by atoms with van der Waals surface area (Å²) in [6, 6.07) is 6.24. The topological polar surface area (TPSA) is 119 Å². The molecule has 0 aliphatic heterocycles. The van der Waals surface area contributed by atoms with Crippen LogP contribution in [-0.4, -0.2) is 45.4 Å². The Kier molecular flexibility index (Phi) is 5.33. The van der Waals surface area contributed by atoms with Gasteiger partial charge < -0.3 is 14.9 Å². The molecule has 2 heterocycles. The first-order chi connectivity index (χ1) is 12.9. The zero-order chi connectivity index (χ0) is 19.6. The maximum Gasteiger partial charge on any atom is 0.337 e. The van der Waals surface area contributed by atoms with Crippen molar-refractivity contribution < 1.29 is 24.5 Å². The van der Waals surface area contributed by atoms with E-state index in [0.29, 0.717) is 29.2 Å². The molecule has 9 heteroatoms. The molecule has 0 bridgehead atoms. The first kappa shape index (κ1) is 18.7. The minimum Gasteiger partial charge on any atom is -0.478 e. The van der Waals surface area contributed by atoms with Crippen molar-refractivity contribution in [1.29, 1.82) is 0 Å². The van der Waals surface area contributed by atoms with E-state index in [4.69, 9.17) is 9.84 Å². The second-order valence-electron chi connectivity index (χ2n) is 5.80. The molecule has 140 valence electrons. The van der Waals surface area contributed by atoms with Gasteiger partial charge in [0.05, 0.1) is 29.7 Å². The third kappa shape index (κ3) is 3.74. The Morgan fingerprint density at radius 1 is 1.26 bits per heavy atom. The van der Waals surface area contributed by atoms with Gasteiger partial charge in [0.2, 0.25) is 0 Å². The zero-order valence-electron chi connectivity index (χ0n) is 14.3. The fraction of sp³-hybridized carbons (Fsp3) is 0.222. The van der Waals surface area contributed by atoms with E-state index >= 15 is 0 Å². The molecule has 0 aliphatic carbocycles. The van der Waals surface area contributed by atoms with E-state index in [0.717, 1.165) is 11.3 Å². The number of fused-ring (bicyclic) bond motifs is 1. The molecular formula is C18H16N2O6S. The van der Waals surface area contributed by atoms with Crippen LogP contribution in [-0.2, 0) is 17.7 Å². The molecule has 8 nitrogen and oxygen atoms in total. The summed E-state index contributed by atoms with van der Waals surface area (Å²) in [6.07, 6.45) is 0.362. The van der Waals surface area contributed by atoms with Crippen molar-refractivity contribution in [2.75, 3.05) is 13.7 Å². The minimum absolute atomic E-state index is 0.0584. The molecule has 0 atom stereocenters. The van der Waals surface area contributed by atoms with E-state index < -0.39 is 17.5 Å². The van der Waals surface area contributed by atoms with E-state index in [9.17, 15) is 19.5 Å². The average Bonchev–Trinajstić information content (AvgIpc) is 3.07. The van der Waals surface area contributed by atoms with Gasteiger partial charge in [-0.1, -0.05) is 12.1 Å². The number of hydrogen-bond acceptors (Lipinski definition) is 6. The van der Waals surface area contributed by atoms with Crippen LogP contribution in [0.4, 0.5) is 0 Å². The van der Waals surface area contributed by atoms with Crippen molar-refractivity contribution >= 4 is 33.5 Å². The third-order valence-corrected chi connectivity index (χ3v) is 4.92. The lowest BCUT2D eigenvalue weighted by Gasteiger charge is -2.13. The van der Waals surface area contributed by atoms with Crippen LogP contribution in [0.1, 0.15) is 32.1 Å². The monoisotopic (exact) mass is 388 g/mol. The molecule has 0 saturated heterocycles. The smallest absolute Gasteiger partial charge is 0.337 e. The molecule has 2 aromatic heterocycles. The molecule has 0 saturated carbocycles. The fourth-order valence-electron chi connectivity index (χ4n) is 2.76. The van der Waals surface area contributed by atoms with E-state index in [2.05, 4.69) is 4.98 Å². The molecule has 3 rings (SSSR count). The molecular weight excluding hydrogens is 372 g/mol. The maximum atomic E-state index is 13.0. The Hall–Kier alpha value is -3.04. The summed E-state index contributed by atoms with van der Waals surface area (Å²) in [5, 5.41) is 19.9. The summed E-state index contributed by atoms with van der Waals surface area (Å²) in [5.74, 6) is -1.80. The second kappa shape index (κ2) is 7.68. The molecule has 0 unspecified atom stereocenters. The summed E-state index contributed by atoms with van der Waals surface area (Å²) < 4.78 is 6.45. The Labute approximate surface area is 157 Å². The predicted molar refractivity (Wildman–Crippen MR) is 98.9 cm³/mol. The van der Waals surface area contributed by atoms with Crippen LogP contribution in [0.25, 0.3) is 10.2 Å². The van der Waals surface area contributed by atoms with Gasteiger partial charge in [-0.3, -0.25) is 9.36 Å². The lowest BCUT2D eigenvalue weighted by atomic mass is 10.1. The first-order valence-corrected chi connectivity index (χ1v) is 8.85. The highest BCUT2D eigenvalue weighted by Gasteiger charge is 2.20. The number of carboxylic acid groups (broad SMARTS) is 2. The number of hydrogen-bond donors (Lipinski definition) is 2. The van der Waals surface area contributed by atoms with Gasteiger partial charge >= 0.3 is 11.9 Å². The Bertz CT molecular complexity index is 1090. The number of nitrogens with zero attached hydrogens (tertiary/aromatic N) is 2. The molecule has 2 N–H and O–H groups in total. The van der Waals surface area contributed by atoms with Gasteiger partial charge in [-0.2, -0.15) is 0 Å². The number of aromatic nitrogens is 2. The van der Waals surface area contributed by atoms with Crippen LogP contribution in [0.15, 0.2) is 34.4 Å². The van der Waals surface area contributed by atoms with Crippen molar-refractivity contribution in [3.8, 4) is 0 Å². The molecule has 0 spiro atoms. The normalized spacial score (nSPS) is 11.0. The average molecular weight is 388 g/mol. The molecule has 0 radical (unpaired) electrons. The summed E-state index contributed by atoms with van der Waals surface area (Å²) in [4.78, 5) is 40.4. The lowest BCUT2D eigenvalue weighted by molar-refractivity contribution is 0.0687. The van der Waals surface area contributed by atoms with Crippen LogP contribution in [0.3, 0.4) is 0 Å². The highest BCUT2D eigenvalue weighted by Crippen LogP contribution is 2.22. The fourth-order valence-corrected chi connectivity index (χ4v) is 3.68. The van der Waals surface area contributed by atoms with E-state index in [-0.39, 0.29) is 23.1 Å². The lowest BCUT2D eigenvalue weighted by Crippen LogP contribution is -2.27. The molecule has 3 aromatic rings. The number of aromatic carboxylic acids is 2. The molecule has 0 amide bonds. The summed E-state index contributed by atoms with van der Waals surface area (Å²) in [5.41, 5.74) is 0.156. The SMILES string of the molecule is COCCc1nc2scc(C(=O)O)c2c(=O)n1Cc1cccc(C(=O)O)c1. The van der Waals surface area contributed by atoms with Crippen LogP contribution in [0.2, 0.25) is 0 Å². The van der Waals surface area contributed by atoms with Gasteiger partial charge in [-0.25, -0.2) is 14.6 Å². The van der Waals surface area contributed by atoms with Crippen molar-refractivity contribution in [3.05, 3.63) is 62.5 Å². The predicted octanol–water partition coefficient (Wildman–Crippen LogP) is 2.09. The summed E-state index contributed by atoms with van der Waals surface area (Å²) in [6.45, 7) is 0.418. The molecule has 1 aromatic carbocycles. The highest BCUT2D eigenvalue weighted by atomic mass is 32.1. The number of benzene rings is 1. The third-order valence-electron chi connectivity index (χ3n) is 4.05. The van der Waals surface area contributed by atoms with Gasteiger partial charge in [0, 0.05) is 18.9 Å². The highest BCUT2D eigenvalue weighted by molar-refractivity contribution is 7.17. The largest absolute Gasteiger partial charge is 0.478 e. The van der Waals surface area contributed by atoms with Gasteiger partial charge in [0.15, 0.2) is 0 Å². The summed E-state index contributed by atoms with van der Waals surface area (Å²) >= 11 is 1.10. The molecule has 0 aliphatic rings. The Balaban J connectivity index is 2.16. The zero-order valence-corrected chi connectivity index (χ0v) is 15.2. The van der Waals surface area contributed by atoms with Crippen LogP contribution in [0.5, 0.6) is 0 Å². The van der Waals surface area contributed by atoms with E-state index in [1.54, 1.807) is 12.1 Å². The second-order valence-corrected chi connectivity index (χ2v) is 6.66. The van der Waals surface area contributed by atoms with Gasteiger partial charge in [-0.15, -0.1) is 11.3 Å². The van der Waals surface area contributed by atoms with Crippen molar-refractivity contribution in [1.82, 2.24) is 9.55 Å². The minimum atomic E-state index is -1.19. The molecule has 27 heavy (non-hydrogen) atoms. The van der Waals surface area contributed by atoms with Crippen LogP contribution < -0.4 is 5.56 Å². The molecule has 0 fully saturated rings. The quantitative estimate of drug-likeness (QED) is 0.636. The van der Waals surface area contributed by atoms with Crippen molar-refractivity contribution in [2.24, 2.45) is 0 Å². The number of ether oxygens (including phenoxy) is 1. The van der Waals surface area contributed by atoms with Crippen molar-refractivity contribution in [3.63, 3.8) is 0 Å². The van der Waals surface area contributed by atoms with Crippen LogP contribution in [0, 0.1) is 0 Å². The van der Waals surface area contributed by atoms with E-state index in [1.807, 2.05) is 0 Å². The number of carboxylic acids is 2. The number of carbonyl (C=O) groups is 2. The Morgan fingerprint density at radius 3 is 2.70 bits per heavy atom. The first-order valence-electron chi connectivity index (χ1n) is 7.97. The van der Waals surface area contributed by atoms with Crippen molar-refractivity contribution in [2.45, 2.75) is 13.0 Å². The van der Waals surface area contributed by atoms with Gasteiger partial charge in [-0.05, 0) is 17.7 Å². The Morgan fingerprint density at radius 2 is 2.04 bits per heavy atom. The van der Waals surface area contributed by atoms with Crippen LogP contribution >= 0.6 is 11.3 Å². The number of thiophene rings is 1. The standard InChI is InChI=1S/C18H16N2O6S/c1-26-6-5-13-19-15-14(12(9-27-15)18(24)25)16(21)20(13)8-10-3-2-4-11(7-10)17(22)23/h2-4,7,9H,5-6,8H2,1H3,(H,22,23)(H,24,25). The maximum absolute atomic E-state index is 13.0. The van der Waals surface area contributed by atoms with Gasteiger partial charge in [0.25, 0.3) is 5.56 Å². The number of methoxy groups -OCH3 is 1. The van der Waals surface area contributed by atoms with E-state index in [1.165, 1.54) is 29.2 Å².